The fourth-order valence-electron chi connectivity index (χ4n) is 2.38. The van der Waals surface area contributed by atoms with Gasteiger partial charge in [-0.25, -0.2) is 9.97 Å². The molecule has 1 aromatic rings. The average Bonchev–Trinajstić information content (AvgIpc) is 2.54. The van der Waals surface area contributed by atoms with E-state index in [1.807, 2.05) is 23.5 Å². The first kappa shape index (κ1) is 21.6. The molecule has 138 valence electrons. The Morgan fingerprint density at radius 2 is 1.54 bits per heavy atom. The van der Waals surface area contributed by atoms with E-state index in [0.29, 0.717) is 18.0 Å². The average molecular weight is 371 g/mol. The van der Waals surface area contributed by atoms with E-state index in [1.54, 1.807) is 0 Å². The summed E-state index contributed by atoms with van der Waals surface area (Å²) in [5.41, 5.74) is 1.13. The molecule has 0 aliphatic rings. The third-order valence-corrected chi connectivity index (χ3v) is 5.98. The lowest BCUT2D eigenvalue weighted by Gasteiger charge is -2.28. The van der Waals surface area contributed by atoms with Crippen LogP contribution >= 0.6 is 23.5 Å². The summed E-state index contributed by atoms with van der Waals surface area (Å²) in [6.45, 7) is 9.69. The fourth-order valence-corrected chi connectivity index (χ4v) is 3.82. The normalized spacial score (nSPS) is 14.2. The highest BCUT2D eigenvalue weighted by atomic mass is 32.2. The Labute approximate surface area is 157 Å². The van der Waals surface area contributed by atoms with Gasteiger partial charge < -0.3 is 4.90 Å². The maximum Gasteiger partial charge on any atom is 0.144 e. The Kier molecular flexibility index (Phi) is 9.45. The lowest BCUT2D eigenvalue weighted by molar-refractivity contribution is 0.262. The van der Waals surface area contributed by atoms with E-state index < -0.39 is 0 Å². The van der Waals surface area contributed by atoms with Crippen LogP contribution < -0.4 is 4.90 Å². The summed E-state index contributed by atoms with van der Waals surface area (Å²) >= 11 is 3.75. The largest absolute Gasteiger partial charge is 0.356 e. The molecule has 0 N–H and O–H groups in total. The third-order valence-electron chi connectivity index (χ3n) is 4.35. The Morgan fingerprint density at radius 1 is 0.958 bits per heavy atom. The molecule has 0 radical (unpaired) electrons. The molecule has 0 aliphatic heterocycles. The van der Waals surface area contributed by atoms with Gasteiger partial charge in [0.2, 0.25) is 0 Å². The number of hydrogen-bond acceptors (Lipinski definition) is 6. The zero-order valence-electron chi connectivity index (χ0n) is 16.5. The molecule has 6 heteroatoms. The smallest absolute Gasteiger partial charge is 0.144 e. The minimum absolute atomic E-state index is 0.406. The maximum atomic E-state index is 4.86. The molecule has 0 saturated heterocycles. The first-order valence-corrected chi connectivity index (χ1v) is 11.4. The van der Waals surface area contributed by atoms with Gasteiger partial charge in [-0.15, -0.1) is 0 Å². The van der Waals surface area contributed by atoms with Gasteiger partial charge >= 0.3 is 0 Å². The second kappa shape index (κ2) is 10.5. The summed E-state index contributed by atoms with van der Waals surface area (Å²) < 4.78 is 0. The zero-order chi connectivity index (χ0) is 18.3. The molecular weight excluding hydrogens is 336 g/mol. The van der Waals surface area contributed by atoms with E-state index >= 15 is 0 Å². The van der Waals surface area contributed by atoms with Crippen LogP contribution in [-0.4, -0.2) is 65.1 Å². The van der Waals surface area contributed by atoms with Crippen molar-refractivity contribution < 1.29 is 0 Å². The number of anilines is 1. The fraction of sp³-hybridized carbons (Fsp3) is 0.778. The SMILES string of the molecule is CSC[C@@H](C)N(C)Cc1nc(C(C)C)cc(N(C)[C@H](C)CSC)n1. The van der Waals surface area contributed by atoms with E-state index in [4.69, 9.17) is 9.97 Å². The summed E-state index contributed by atoms with van der Waals surface area (Å²) in [5.74, 6) is 4.59. The first-order valence-electron chi connectivity index (χ1n) is 8.58. The van der Waals surface area contributed by atoms with Crippen LogP contribution in [0, 0.1) is 0 Å². The number of nitrogens with zero attached hydrogens (tertiary/aromatic N) is 4. The molecule has 1 rings (SSSR count). The van der Waals surface area contributed by atoms with Crippen LogP contribution in [0.3, 0.4) is 0 Å². The zero-order valence-corrected chi connectivity index (χ0v) is 18.2. The highest BCUT2D eigenvalue weighted by Crippen LogP contribution is 2.21. The topological polar surface area (TPSA) is 32.3 Å². The van der Waals surface area contributed by atoms with Crippen molar-refractivity contribution in [2.45, 2.75) is 52.2 Å². The van der Waals surface area contributed by atoms with Gasteiger partial charge in [-0.1, -0.05) is 13.8 Å². The van der Waals surface area contributed by atoms with Gasteiger partial charge in [0.15, 0.2) is 0 Å². The van der Waals surface area contributed by atoms with Crippen LogP contribution in [0.4, 0.5) is 5.82 Å². The van der Waals surface area contributed by atoms with Crippen LogP contribution in [0.15, 0.2) is 6.07 Å². The molecule has 0 saturated carbocycles. The van der Waals surface area contributed by atoms with Crippen molar-refractivity contribution in [2.75, 3.05) is 43.0 Å². The van der Waals surface area contributed by atoms with E-state index in [1.165, 1.54) is 0 Å². The number of hydrogen-bond donors (Lipinski definition) is 0. The highest BCUT2D eigenvalue weighted by Gasteiger charge is 2.17. The van der Waals surface area contributed by atoms with E-state index in [-0.39, 0.29) is 0 Å². The molecule has 4 nitrogen and oxygen atoms in total. The molecule has 0 amide bonds. The molecule has 0 spiro atoms. The molecule has 0 bridgehead atoms. The highest BCUT2D eigenvalue weighted by molar-refractivity contribution is 7.98. The van der Waals surface area contributed by atoms with Gasteiger partial charge in [-0.05, 0) is 39.3 Å². The quantitative estimate of drug-likeness (QED) is 0.619. The van der Waals surface area contributed by atoms with E-state index in [0.717, 1.165) is 35.4 Å². The van der Waals surface area contributed by atoms with Gasteiger partial charge in [0.25, 0.3) is 0 Å². The predicted molar refractivity (Wildman–Crippen MR) is 112 cm³/mol. The van der Waals surface area contributed by atoms with E-state index in [2.05, 4.69) is 70.2 Å². The Balaban J connectivity index is 3.03. The first-order chi connectivity index (χ1) is 11.3. The molecule has 0 unspecified atom stereocenters. The molecule has 1 heterocycles. The number of aromatic nitrogens is 2. The van der Waals surface area contributed by atoms with Crippen molar-refractivity contribution in [3.63, 3.8) is 0 Å². The van der Waals surface area contributed by atoms with Gasteiger partial charge in [-0.2, -0.15) is 23.5 Å². The van der Waals surface area contributed by atoms with Gasteiger partial charge in [-0.3, -0.25) is 4.90 Å². The van der Waals surface area contributed by atoms with Crippen LogP contribution in [0.5, 0.6) is 0 Å². The summed E-state index contributed by atoms with van der Waals surface area (Å²) in [6, 6.07) is 3.12. The van der Waals surface area contributed by atoms with Crippen LogP contribution in [0.2, 0.25) is 0 Å². The van der Waals surface area contributed by atoms with Crippen LogP contribution in [0.1, 0.15) is 45.1 Å². The molecule has 0 fully saturated rings. The minimum Gasteiger partial charge on any atom is -0.356 e. The minimum atomic E-state index is 0.406. The van der Waals surface area contributed by atoms with Gasteiger partial charge in [0, 0.05) is 42.4 Å². The van der Waals surface area contributed by atoms with Crippen molar-refractivity contribution in [1.29, 1.82) is 0 Å². The molecule has 0 aromatic carbocycles. The monoisotopic (exact) mass is 370 g/mol. The molecular formula is C18H34N4S2. The second-order valence-electron chi connectivity index (χ2n) is 6.86. The van der Waals surface area contributed by atoms with Crippen molar-refractivity contribution >= 4 is 29.3 Å². The standard InChI is InChI=1S/C18H34N4S2/c1-13(2)16-9-18(22(6)15(4)12-24-8)20-17(19-16)10-21(5)14(3)11-23-7/h9,13-15H,10-12H2,1-8H3/t14-,15-/m1/s1. The predicted octanol–water partition coefficient (Wildman–Crippen LogP) is 3.97. The Bertz CT molecular complexity index is 496. The Hall–Kier alpha value is -0.460. The van der Waals surface area contributed by atoms with Crippen LogP contribution in [0.25, 0.3) is 0 Å². The van der Waals surface area contributed by atoms with Crippen molar-refractivity contribution in [1.82, 2.24) is 14.9 Å². The summed E-state index contributed by atoms with van der Waals surface area (Å²) in [6.07, 6.45) is 4.30. The molecule has 0 aliphatic carbocycles. The Morgan fingerprint density at radius 3 is 2.08 bits per heavy atom. The van der Waals surface area contributed by atoms with Crippen molar-refractivity contribution in [2.24, 2.45) is 0 Å². The van der Waals surface area contributed by atoms with Gasteiger partial charge in [0.1, 0.15) is 11.6 Å². The third kappa shape index (κ3) is 6.45. The molecule has 2 atom stereocenters. The number of rotatable bonds is 10. The molecule has 1 aromatic heterocycles. The van der Waals surface area contributed by atoms with Crippen molar-refractivity contribution in [3.8, 4) is 0 Å². The summed E-state index contributed by atoms with van der Waals surface area (Å²) in [5, 5.41) is 0. The lowest BCUT2D eigenvalue weighted by atomic mass is 10.1. The molecule has 24 heavy (non-hydrogen) atoms. The maximum absolute atomic E-state index is 4.86. The van der Waals surface area contributed by atoms with E-state index in [9.17, 15) is 0 Å². The lowest BCUT2D eigenvalue weighted by Crippen LogP contribution is -2.33. The van der Waals surface area contributed by atoms with Crippen LogP contribution in [-0.2, 0) is 6.54 Å². The van der Waals surface area contributed by atoms with Crippen molar-refractivity contribution in [3.05, 3.63) is 17.6 Å². The van der Waals surface area contributed by atoms with Gasteiger partial charge in [0.05, 0.1) is 6.54 Å². The second-order valence-corrected chi connectivity index (χ2v) is 8.68. The number of thioether (sulfide) groups is 2. The summed E-state index contributed by atoms with van der Waals surface area (Å²) in [4.78, 5) is 14.3. The summed E-state index contributed by atoms with van der Waals surface area (Å²) in [7, 11) is 4.29.